The topological polar surface area (TPSA) is 28.5 Å². The van der Waals surface area contributed by atoms with E-state index < -0.39 is 0 Å². The first-order chi connectivity index (χ1) is 14.1. The number of aromatic nitrogens is 1. The van der Waals surface area contributed by atoms with E-state index in [4.69, 9.17) is 0 Å². The van der Waals surface area contributed by atoms with Crippen LogP contribution in [0.5, 0.6) is 0 Å². The van der Waals surface area contributed by atoms with Gasteiger partial charge in [0.1, 0.15) is 5.82 Å². The maximum absolute atomic E-state index is 13.1. The second-order valence-electron chi connectivity index (χ2n) is 7.61. The number of amides is 1. The van der Waals surface area contributed by atoms with Crippen LogP contribution in [-0.2, 0) is 4.79 Å². The van der Waals surface area contributed by atoms with Gasteiger partial charge in [-0.2, -0.15) is 0 Å². The van der Waals surface area contributed by atoms with Gasteiger partial charge in [0, 0.05) is 44.3 Å². The van der Waals surface area contributed by atoms with Crippen molar-refractivity contribution in [2.75, 3.05) is 31.1 Å². The average Bonchev–Trinajstić information content (AvgIpc) is 3.28. The van der Waals surface area contributed by atoms with Crippen LogP contribution < -0.4 is 4.90 Å². The summed E-state index contributed by atoms with van der Waals surface area (Å²) in [7, 11) is 0. The Kier molecular flexibility index (Phi) is 5.65. The molecule has 29 heavy (non-hydrogen) atoms. The van der Waals surface area contributed by atoms with Gasteiger partial charge in [-0.25, -0.2) is 4.39 Å². The third-order valence-corrected chi connectivity index (χ3v) is 5.64. The summed E-state index contributed by atoms with van der Waals surface area (Å²) in [6.45, 7) is 4.96. The molecule has 0 aliphatic carbocycles. The molecule has 1 fully saturated rings. The quantitative estimate of drug-likeness (QED) is 0.650. The second-order valence-corrected chi connectivity index (χ2v) is 7.61. The van der Waals surface area contributed by atoms with E-state index in [-0.39, 0.29) is 17.8 Å². The van der Waals surface area contributed by atoms with Gasteiger partial charge in [0.25, 0.3) is 0 Å². The van der Waals surface area contributed by atoms with Gasteiger partial charge in [0.15, 0.2) is 0 Å². The lowest BCUT2D eigenvalue weighted by molar-refractivity contribution is -0.132. The molecule has 150 valence electrons. The number of rotatable bonds is 5. The minimum atomic E-state index is -0.227. The second kappa shape index (κ2) is 8.52. The molecule has 5 heteroatoms. The van der Waals surface area contributed by atoms with Gasteiger partial charge < -0.3 is 14.4 Å². The lowest BCUT2D eigenvalue weighted by atomic mass is 10.0. The molecule has 0 radical (unpaired) electrons. The summed E-state index contributed by atoms with van der Waals surface area (Å²) in [5, 5.41) is 0. The number of benzene rings is 2. The van der Waals surface area contributed by atoms with Gasteiger partial charge in [0.05, 0.1) is 12.5 Å². The molecule has 4 rings (SSSR count). The lowest BCUT2D eigenvalue weighted by Gasteiger charge is -2.36. The van der Waals surface area contributed by atoms with Crippen LogP contribution >= 0.6 is 0 Å². The molecule has 1 amide bonds. The molecule has 1 aromatic heterocycles. The Balaban J connectivity index is 1.42. The van der Waals surface area contributed by atoms with Crippen molar-refractivity contribution < 1.29 is 9.18 Å². The Morgan fingerprint density at radius 2 is 1.55 bits per heavy atom. The maximum Gasteiger partial charge on any atom is 0.225 e. The molecule has 3 aromatic rings. The Hall–Kier alpha value is -3.08. The van der Waals surface area contributed by atoms with E-state index in [0.29, 0.717) is 19.5 Å². The van der Waals surface area contributed by atoms with E-state index >= 15 is 0 Å². The third kappa shape index (κ3) is 4.50. The van der Waals surface area contributed by atoms with Crippen LogP contribution in [0.3, 0.4) is 0 Å². The first-order valence-electron chi connectivity index (χ1n) is 10.1. The van der Waals surface area contributed by atoms with E-state index in [1.807, 2.05) is 29.4 Å². The number of halogens is 1. The highest BCUT2D eigenvalue weighted by Gasteiger charge is 2.25. The number of piperazine rings is 1. The summed E-state index contributed by atoms with van der Waals surface area (Å²) < 4.78 is 15.3. The van der Waals surface area contributed by atoms with Crippen molar-refractivity contribution in [1.82, 2.24) is 9.47 Å². The number of aryl methyl sites for hydroxylation is 1. The van der Waals surface area contributed by atoms with Crippen LogP contribution in [0, 0.1) is 12.7 Å². The standard InChI is InChI=1S/C24H26FN3O/c1-19-4-6-20(7-5-19)23(27-12-2-3-13-27)18-24(29)28-16-14-26(15-17-28)22-10-8-21(25)9-11-22/h2-13,23H,14-18H2,1H3/t23-/m1/s1. The molecule has 2 aromatic carbocycles. The summed E-state index contributed by atoms with van der Waals surface area (Å²) in [4.78, 5) is 17.2. The Bertz CT molecular complexity index is 927. The molecule has 0 unspecified atom stereocenters. The van der Waals surface area contributed by atoms with Crippen LogP contribution in [0.15, 0.2) is 73.1 Å². The number of anilines is 1. The highest BCUT2D eigenvalue weighted by Crippen LogP contribution is 2.25. The minimum absolute atomic E-state index is 0.00627. The van der Waals surface area contributed by atoms with Crippen molar-refractivity contribution >= 4 is 11.6 Å². The molecule has 1 aliphatic heterocycles. The van der Waals surface area contributed by atoms with Gasteiger partial charge in [-0.1, -0.05) is 29.8 Å². The molecular weight excluding hydrogens is 365 g/mol. The molecular formula is C24H26FN3O. The molecule has 0 N–H and O–H groups in total. The molecule has 0 bridgehead atoms. The number of carbonyl (C=O) groups is 1. The van der Waals surface area contributed by atoms with Crippen molar-refractivity contribution in [2.24, 2.45) is 0 Å². The van der Waals surface area contributed by atoms with Crippen LogP contribution in [0.4, 0.5) is 10.1 Å². The third-order valence-electron chi connectivity index (χ3n) is 5.64. The van der Waals surface area contributed by atoms with Crippen molar-refractivity contribution in [1.29, 1.82) is 0 Å². The predicted octanol–water partition coefficient (Wildman–Crippen LogP) is 4.26. The fourth-order valence-electron chi connectivity index (χ4n) is 3.90. The smallest absolute Gasteiger partial charge is 0.225 e. The summed E-state index contributed by atoms with van der Waals surface area (Å²) in [6.07, 6.45) is 4.48. The van der Waals surface area contributed by atoms with Gasteiger partial charge in [-0.15, -0.1) is 0 Å². The average molecular weight is 391 g/mol. The van der Waals surface area contributed by atoms with E-state index in [9.17, 15) is 9.18 Å². The molecule has 1 atom stereocenters. The molecule has 4 nitrogen and oxygen atoms in total. The first kappa shape index (κ1) is 19.2. The molecule has 0 saturated carbocycles. The monoisotopic (exact) mass is 391 g/mol. The predicted molar refractivity (Wildman–Crippen MR) is 114 cm³/mol. The van der Waals surface area contributed by atoms with Gasteiger partial charge >= 0.3 is 0 Å². The lowest BCUT2D eigenvalue weighted by Crippen LogP contribution is -2.49. The molecule has 1 aliphatic rings. The molecule has 2 heterocycles. The Morgan fingerprint density at radius 1 is 0.931 bits per heavy atom. The van der Waals surface area contributed by atoms with E-state index in [2.05, 4.69) is 40.7 Å². The van der Waals surface area contributed by atoms with Crippen LogP contribution in [0.2, 0.25) is 0 Å². The van der Waals surface area contributed by atoms with Gasteiger partial charge in [0.2, 0.25) is 5.91 Å². The number of carbonyl (C=O) groups excluding carboxylic acids is 1. The largest absolute Gasteiger partial charge is 0.368 e. The zero-order chi connectivity index (χ0) is 20.2. The van der Waals surface area contributed by atoms with E-state index in [0.717, 1.165) is 24.3 Å². The van der Waals surface area contributed by atoms with E-state index in [1.165, 1.54) is 17.7 Å². The van der Waals surface area contributed by atoms with E-state index in [1.54, 1.807) is 12.1 Å². The summed E-state index contributed by atoms with van der Waals surface area (Å²) in [6, 6.07) is 19.0. The zero-order valence-electron chi connectivity index (χ0n) is 16.7. The van der Waals surface area contributed by atoms with Crippen LogP contribution in [0.1, 0.15) is 23.6 Å². The highest BCUT2D eigenvalue weighted by molar-refractivity contribution is 5.77. The Labute approximate surface area is 171 Å². The van der Waals surface area contributed by atoms with Crippen molar-refractivity contribution in [3.63, 3.8) is 0 Å². The fraction of sp³-hybridized carbons (Fsp3) is 0.292. The van der Waals surface area contributed by atoms with Gasteiger partial charge in [-0.05, 0) is 48.9 Å². The van der Waals surface area contributed by atoms with Crippen molar-refractivity contribution in [2.45, 2.75) is 19.4 Å². The summed E-state index contributed by atoms with van der Waals surface area (Å²) >= 11 is 0. The zero-order valence-corrected chi connectivity index (χ0v) is 16.7. The maximum atomic E-state index is 13.1. The first-order valence-corrected chi connectivity index (χ1v) is 10.1. The van der Waals surface area contributed by atoms with Crippen LogP contribution in [-0.4, -0.2) is 41.6 Å². The molecule has 0 spiro atoms. The van der Waals surface area contributed by atoms with Crippen LogP contribution in [0.25, 0.3) is 0 Å². The van der Waals surface area contributed by atoms with Crippen molar-refractivity contribution in [3.05, 3.63) is 90.0 Å². The normalized spacial score (nSPS) is 15.4. The minimum Gasteiger partial charge on any atom is -0.368 e. The number of hydrogen-bond donors (Lipinski definition) is 0. The summed E-state index contributed by atoms with van der Waals surface area (Å²) in [5.74, 6) is -0.0576. The van der Waals surface area contributed by atoms with Gasteiger partial charge in [-0.3, -0.25) is 4.79 Å². The number of nitrogens with zero attached hydrogens (tertiary/aromatic N) is 3. The SMILES string of the molecule is Cc1ccc([C@@H](CC(=O)N2CCN(c3ccc(F)cc3)CC2)n2cccc2)cc1. The van der Waals surface area contributed by atoms with Crippen molar-refractivity contribution in [3.8, 4) is 0 Å². The Morgan fingerprint density at radius 3 is 2.17 bits per heavy atom. The highest BCUT2D eigenvalue weighted by atomic mass is 19.1. The number of hydrogen-bond acceptors (Lipinski definition) is 2. The fourth-order valence-corrected chi connectivity index (χ4v) is 3.90. The molecule has 1 saturated heterocycles. The summed E-state index contributed by atoms with van der Waals surface area (Å²) in [5.41, 5.74) is 3.36.